The third kappa shape index (κ3) is 6.96. The number of ether oxygens (including phenoxy) is 3. The second kappa shape index (κ2) is 12.7. The Morgan fingerprint density at radius 1 is 0.846 bits per heavy atom. The zero-order chi connectivity index (χ0) is 27.8. The van der Waals surface area contributed by atoms with E-state index in [1.165, 1.54) is 20.3 Å². The molecule has 1 heterocycles. The van der Waals surface area contributed by atoms with E-state index in [0.29, 0.717) is 34.2 Å². The average Bonchev–Trinajstić information content (AvgIpc) is 3.20. The van der Waals surface area contributed by atoms with Gasteiger partial charge in [-0.2, -0.15) is 0 Å². The van der Waals surface area contributed by atoms with Gasteiger partial charge in [-0.3, -0.25) is 24.1 Å². The van der Waals surface area contributed by atoms with Crippen molar-refractivity contribution in [2.24, 2.45) is 0 Å². The maximum Gasteiger partial charge on any atom is 0.294 e. The molecule has 3 aromatic rings. The number of benzene rings is 3. The Morgan fingerprint density at radius 3 is 2.31 bits per heavy atom. The number of rotatable bonds is 10. The van der Waals surface area contributed by atoms with Gasteiger partial charge < -0.3 is 24.8 Å². The molecule has 1 aliphatic heterocycles. The number of hydrogen-bond acceptors (Lipinski definition) is 8. The lowest BCUT2D eigenvalue weighted by atomic mass is 10.2. The Bertz CT molecular complexity index is 1430. The topological polar surface area (TPSA) is 123 Å². The highest BCUT2D eigenvalue weighted by Crippen LogP contribution is 2.34. The Balaban J connectivity index is 1.38. The van der Waals surface area contributed by atoms with Crippen molar-refractivity contribution in [3.8, 4) is 17.2 Å². The van der Waals surface area contributed by atoms with Crippen LogP contribution in [0.4, 0.5) is 16.2 Å². The normalized spacial score (nSPS) is 13.8. The second-order valence-electron chi connectivity index (χ2n) is 8.13. The predicted octanol–water partition coefficient (Wildman–Crippen LogP) is 4.40. The van der Waals surface area contributed by atoms with Crippen molar-refractivity contribution in [1.82, 2.24) is 4.90 Å². The van der Waals surface area contributed by atoms with Crippen LogP contribution in [-0.4, -0.2) is 55.2 Å². The van der Waals surface area contributed by atoms with Gasteiger partial charge in [-0.1, -0.05) is 36.4 Å². The molecule has 11 heteroatoms. The van der Waals surface area contributed by atoms with Gasteiger partial charge in [0.15, 0.2) is 18.1 Å². The van der Waals surface area contributed by atoms with Gasteiger partial charge in [0.1, 0.15) is 12.3 Å². The van der Waals surface area contributed by atoms with Gasteiger partial charge in [0.05, 0.1) is 24.8 Å². The van der Waals surface area contributed by atoms with Crippen LogP contribution in [0.3, 0.4) is 0 Å². The van der Waals surface area contributed by atoms with Gasteiger partial charge in [0.25, 0.3) is 17.1 Å². The maximum atomic E-state index is 12.8. The molecule has 0 unspecified atom stereocenters. The van der Waals surface area contributed by atoms with Gasteiger partial charge in [0, 0.05) is 5.69 Å². The van der Waals surface area contributed by atoms with Crippen molar-refractivity contribution in [2.45, 2.75) is 0 Å². The fourth-order valence-electron chi connectivity index (χ4n) is 3.62. The van der Waals surface area contributed by atoms with Crippen LogP contribution < -0.4 is 24.8 Å². The molecule has 0 bridgehead atoms. The van der Waals surface area contributed by atoms with Crippen LogP contribution in [-0.2, 0) is 14.4 Å². The molecule has 39 heavy (non-hydrogen) atoms. The van der Waals surface area contributed by atoms with Crippen molar-refractivity contribution in [2.75, 3.05) is 38.0 Å². The number of anilines is 2. The Morgan fingerprint density at radius 2 is 1.56 bits per heavy atom. The summed E-state index contributed by atoms with van der Waals surface area (Å²) in [5.41, 5.74) is 1.65. The minimum Gasteiger partial charge on any atom is -0.495 e. The number of methoxy groups -OCH3 is 2. The number of carbonyl (C=O) groups excluding carboxylic acids is 4. The molecule has 0 atom stereocenters. The molecule has 0 radical (unpaired) electrons. The summed E-state index contributed by atoms with van der Waals surface area (Å²) in [4.78, 5) is 51.0. The molecule has 1 fully saturated rings. The zero-order valence-electron chi connectivity index (χ0n) is 21.1. The van der Waals surface area contributed by atoms with Crippen molar-refractivity contribution >= 4 is 52.2 Å². The number of para-hydroxylation sites is 3. The monoisotopic (exact) mass is 547 g/mol. The molecule has 1 saturated heterocycles. The summed E-state index contributed by atoms with van der Waals surface area (Å²) in [5, 5.41) is 4.84. The van der Waals surface area contributed by atoms with Crippen LogP contribution in [0.1, 0.15) is 5.56 Å². The first kappa shape index (κ1) is 27.3. The highest BCUT2D eigenvalue weighted by Gasteiger charge is 2.36. The minimum absolute atomic E-state index is 0.166. The number of hydrogen-bond donors (Lipinski definition) is 2. The van der Waals surface area contributed by atoms with Crippen molar-refractivity contribution in [3.05, 3.63) is 83.3 Å². The summed E-state index contributed by atoms with van der Waals surface area (Å²) in [6.45, 7) is -0.679. The first-order valence-electron chi connectivity index (χ1n) is 11.7. The molecule has 10 nitrogen and oxygen atoms in total. The zero-order valence-corrected chi connectivity index (χ0v) is 21.9. The van der Waals surface area contributed by atoms with Crippen molar-refractivity contribution < 1.29 is 33.4 Å². The van der Waals surface area contributed by atoms with Crippen LogP contribution in [0, 0.1) is 0 Å². The molecular weight excluding hydrogens is 522 g/mol. The average molecular weight is 548 g/mol. The van der Waals surface area contributed by atoms with E-state index in [-0.39, 0.29) is 11.5 Å². The van der Waals surface area contributed by atoms with Crippen LogP contribution in [0.25, 0.3) is 6.08 Å². The maximum absolute atomic E-state index is 12.8. The number of amides is 4. The van der Waals surface area contributed by atoms with E-state index in [9.17, 15) is 19.2 Å². The minimum atomic E-state index is -0.569. The summed E-state index contributed by atoms with van der Waals surface area (Å²) >= 11 is 0.744. The van der Waals surface area contributed by atoms with Crippen LogP contribution >= 0.6 is 11.8 Å². The lowest BCUT2D eigenvalue weighted by Gasteiger charge is -2.13. The van der Waals surface area contributed by atoms with E-state index in [1.54, 1.807) is 66.7 Å². The van der Waals surface area contributed by atoms with Crippen molar-refractivity contribution in [1.29, 1.82) is 0 Å². The molecule has 0 aromatic heterocycles. The molecule has 4 amide bonds. The van der Waals surface area contributed by atoms with E-state index in [4.69, 9.17) is 14.2 Å². The van der Waals surface area contributed by atoms with Crippen LogP contribution in [0.15, 0.2) is 77.7 Å². The third-order valence-electron chi connectivity index (χ3n) is 5.46. The quantitative estimate of drug-likeness (QED) is 0.358. The summed E-state index contributed by atoms with van der Waals surface area (Å²) in [6.07, 6.45) is 1.53. The Kier molecular flexibility index (Phi) is 8.85. The van der Waals surface area contributed by atoms with Crippen LogP contribution in [0.2, 0.25) is 0 Å². The molecule has 0 spiro atoms. The Hall–Kier alpha value is -4.77. The highest BCUT2D eigenvalue weighted by atomic mass is 32.2. The van der Waals surface area contributed by atoms with E-state index in [1.807, 2.05) is 6.07 Å². The SMILES string of the molecule is COc1ccccc1NC(=O)COc1ccc(/C=C2\SC(=O)N(CC(=O)Nc3ccccc3)C2=O)cc1OC. The number of imide groups is 1. The summed E-state index contributed by atoms with van der Waals surface area (Å²) in [7, 11) is 2.96. The lowest BCUT2D eigenvalue weighted by Crippen LogP contribution is -2.36. The first-order valence-corrected chi connectivity index (χ1v) is 12.5. The molecule has 4 rings (SSSR count). The van der Waals surface area contributed by atoms with E-state index in [0.717, 1.165) is 16.7 Å². The number of thioether (sulfide) groups is 1. The smallest absolute Gasteiger partial charge is 0.294 e. The van der Waals surface area contributed by atoms with Crippen molar-refractivity contribution in [3.63, 3.8) is 0 Å². The second-order valence-corrected chi connectivity index (χ2v) is 9.12. The summed E-state index contributed by atoms with van der Waals surface area (Å²) in [6, 6.07) is 20.6. The summed E-state index contributed by atoms with van der Waals surface area (Å²) < 4.78 is 16.2. The third-order valence-corrected chi connectivity index (χ3v) is 6.37. The van der Waals surface area contributed by atoms with E-state index >= 15 is 0 Å². The molecule has 0 aliphatic carbocycles. The van der Waals surface area contributed by atoms with E-state index in [2.05, 4.69) is 10.6 Å². The molecule has 200 valence electrons. The van der Waals surface area contributed by atoms with Crippen LogP contribution in [0.5, 0.6) is 17.2 Å². The molecular formula is C28H25N3O7S. The molecule has 3 aromatic carbocycles. The highest BCUT2D eigenvalue weighted by molar-refractivity contribution is 8.18. The predicted molar refractivity (Wildman–Crippen MR) is 148 cm³/mol. The van der Waals surface area contributed by atoms with Gasteiger partial charge in [0.2, 0.25) is 5.91 Å². The lowest BCUT2D eigenvalue weighted by molar-refractivity contribution is -0.127. The first-order chi connectivity index (χ1) is 18.9. The fourth-order valence-corrected chi connectivity index (χ4v) is 4.46. The van der Waals surface area contributed by atoms with E-state index < -0.39 is 29.5 Å². The van der Waals surface area contributed by atoms with Gasteiger partial charge in [-0.05, 0) is 59.8 Å². The molecule has 2 N–H and O–H groups in total. The largest absolute Gasteiger partial charge is 0.495 e. The molecule has 1 aliphatic rings. The number of nitrogens with one attached hydrogen (secondary N) is 2. The summed E-state index contributed by atoms with van der Waals surface area (Å²) in [5.74, 6) is -0.279. The van der Waals surface area contributed by atoms with Gasteiger partial charge in [-0.25, -0.2) is 0 Å². The van der Waals surface area contributed by atoms with Gasteiger partial charge >= 0.3 is 0 Å². The standard InChI is InChI=1S/C28H25N3O7S/c1-36-21-11-7-6-10-20(21)30-26(33)17-38-22-13-12-18(14-23(22)37-2)15-24-27(34)31(28(35)39-24)16-25(32)29-19-8-4-3-5-9-19/h3-15H,16-17H2,1-2H3,(H,29,32)(H,30,33)/b24-15-. The molecule has 0 saturated carbocycles. The van der Waals surface area contributed by atoms with Gasteiger partial charge in [-0.15, -0.1) is 0 Å². The number of carbonyl (C=O) groups is 4. The fraction of sp³-hybridized carbons (Fsp3) is 0.143. The Labute approximate surface area is 228 Å². The number of nitrogens with zero attached hydrogens (tertiary/aromatic N) is 1.